The third kappa shape index (κ3) is 3.51. The van der Waals surface area contributed by atoms with E-state index >= 15 is 0 Å². The fourth-order valence-corrected chi connectivity index (χ4v) is 3.56. The molecule has 0 bridgehead atoms. The lowest BCUT2D eigenvalue weighted by molar-refractivity contribution is 0.0928. The number of rotatable bonds is 4. The second kappa shape index (κ2) is 7.16. The summed E-state index contributed by atoms with van der Waals surface area (Å²) in [6, 6.07) is 20.2. The maximum atomic E-state index is 13.1. The van der Waals surface area contributed by atoms with E-state index in [9.17, 15) is 14.0 Å². The molecule has 1 aliphatic carbocycles. The summed E-state index contributed by atoms with van der Waals surface area (Å²) in [6.45, 7) is 0. The van der Waals surface area contributed by atoms with Gasteiger partial charge in [0.25, 0.3) is 5.91 Å². The molecule has 0 aromatic heterocycles. The van der Waals surface area contributed by atoms with Gasteiger partial charge >= 0.3 is 0 Å². The van der Waals surface area contributed by atoms with Gasteiger partial charge in [0, 0.05) is 17.2 Å². The zero-order chi connectivity index (χ0) is 18.8. The van der Waals surface area contributed by atoms with Crippen LogP contribution in [-0.2, 0) is 12.8 Å². The molecule has 0 saturated heterocycles. The lowest BCUT2D eigenvalue weighted by Gasteiger charge is -2.14. The Morgan fingerprint density at radius 3 is 1.96 bits per heavy atom. The quantitative estimate of drug-likeness (QED) is 0.717. The van der Waals surface area contributed by atoms with Gasteiger partial charge in [-0.3, -0.25) is 9.59 Å². The number of halogens is 1. The number of carbonyl (C=O) groups is 2. The average molecular weight is 359 g/mol. The lowest BCUT2D eigenvalue weighted by Crippen LogP contribution is -2.36. The van der Waals surface area contributed by atoms with E-state index in [1.165, 1.54) is 35.4 Å². The zero-order valence-electron chi connectivity index (χ0n) is 14.6. The smallest absolute Gasteiger partial charge is 0.252 e. The molecule has 4 heteroatoms. The minimum atomic E-state index is -0.404. The minimum Gasteiger partial charge on any atom is -0.349 e. The summed E-state index contributed by atoms with van der Waals surface area (Å²) < 4.78 is 13.1. The summed E-state index contributed by atoms with van der Waals surface area (Å²) in [5, 5.41) is 3.05. The van der Waals surface area contributed by atoms with E-state index in [1.807, 2.05) is 12.1 Å². The van der Waals surface area contributed by atoms with E-state index in [2.05, 4.69) is 17.4 Å². The largest absolute Gasteiger partial charge is 0.349 e. The third-order valence-corrected chi connectivity index (χ3v) is 4.91. The molecule has 0 unspecified atom stereocenters. The maximum absolute atomic E-state index is 13.1. The Morgan fingerprint density at radius 1 is 0.778 bits per heavy atom. The third-order valence-electron chi connectivity index (χ3n) is 4.91. The van der Waals surface area contributed by atoms with Crippen molar-refractivity contribution in [2.45, 2.75) is 18.9 Å². The first-order chi connectivity index (χ1) is 13.1. The molecular weight excluding hydrogens is 341 g/mol. The molecule has 134 valence electrons. The van der Waals surface area contributed by atoms with Crippen molar-refractivity contribution in [1.82, 2.24) is 5.32 Å². The Balaban J connectivity index is 1.55. The summed E-state index contributed by atoms with van der Waals surface area (Å²) >= 11 is 0. The summed E-state index contributed by atoms with van der Waals surface area (Å²) in [5.74, 6) is -0.965. The van der Waals surface area contributed by atoms with Crippen molar-refractivity contribution in [1.29, 1.82) is 0 Å². The zero-order valence-corrected chi connectivity index (χ0v) is 14.6. The fourth-order valence-electron chi connectivity index (χ4n) is 3.56. The number of hydrogen-bond donors (Lipinski definition) is 1. The summed E-state index contributed by atoms with van der Waals surface area (Å²) in [4.78, 5) is 25.6. The van der Waals surface area contributed by atoms with Crippen molar-refractivity contribution in [3.63, 3.8) is 0 Å². The predicted molar refractivity (Wildman–Crippen MR) is 101 cm³/mol. The maximum Gasteiger partial charge on any atom is 0.252 e. The number of nitrogens with one attached hydrogen (secondary N) is 1. The van der Waals surface area contributed by atoms with Crippen LogP contribution in [0.4, 0.5) is 4.39 Å². The first-order valence-electron chi connectivity index (χ1n) is 8.89. The van der Waals surface area contributed by atoms with Gasteiger partial charge in [0.2, 0.25) is 0 Å². The van der Waals surface area contributed by atoms with Crippen LogP contribution in [0.3, 0.4) is 0 Å². The molecular formula is C23H18FNO2. The van der Waals surface area contributed by atoms with E-state index in [0.29, 0.717) is 16.7 Å². The molecule has 1 N–H and O–H groups in total. The molecule has 1 amide bonds. The average Bonchev–Trinajstić information content (AvgIpc) is 3.10. The van der Waals surface area contributed by atoms with E-state index in [4.69, 9.17) is 0 Å². The van der Waals surface area contributed by atoms with Gasteiger partial charge in [-0.1, -0.05) is 42.5 Å². The van der Waals surface area contributed by atoms with Gasteiger partial charge in [-0.2, -0.15) is 0 Å². The van der Waals surface area contributed by atoms with Crippen LogP contribution in [0.1, 0.15) is 37.4 Å². The van der Waals surface area contributed by atoms with E-state index in [0.717, 1.165) is 12.8 Å². The van der Waals surface area contributed by atoms with Crippen LogP contribution in [0.25, 0.3) is 0 Å². The van der Waals surface area contributed by atoms with Crippen molar-refractivity contribution < 1.29 is 14.0 Å². The van der Waals surface area contributed by atoms with Crippen LogP contribution in [-0.4, -0.2) is 17.7 Å². The predicted octanol–water partition coefficient (Wildman–Crippen LogP) is 3.95. The SMILES string of the molecule is O=C(NC1Cc2ccccc2C1)c1ccccc1C(=O)c1ccc(F)cc1. The molecule has 0 saturated carbocycles. The Hall–Kier alpha value is -3.27. The highest BCUT2D eigenvalue weighted by Gasteiger charge is 2.25. The summed E-state index contributed by atoms with van der Waals surface area (Å²) in [6.07, 6.45) is 1.58. The van der Waals surface area contributed by atoms with Crippen molar-refractivity contribution in [2.24, 2.45) is 0 Å². The highest BCUT2D eigenvalue weighted by Crippen LogP contribution is 2.22. The summed E-state index contributed by atoms with van der Waals surface area (Å²) in [7, 11) is 0. The van der Waals surface area contributed by atoms with Gasteiger partial charge in [0.05, 0.1) is 5.56 Å². The van der Waals surface area contributed by atoms with Crippen molar-refractivity contribution in [2.75, 3.05) is 0 Å². The highest BCUT2D eigenvalue weighted by atomic mass is 19.1. The second-order valence-electron chi connectivity index (χ2n) is 6.73. The van der Waals surface area contributed by atoms with Gasteiger partial charge in [-0.15, -0.1) is 0 Å². The number of ketones is 1. The molecule has 0 atom stereocenters. The fraction of sp³-hybridized carbons (Fsp3) is 0.130. The van der Waals surface area contributed by atoms with Gasteiger partial charge < -0.3 is 5.32 Å². The van der Waals surface area contributed by atoms with Gasteiger partial charge in [-0.05, 0) is 54.3 Å². The number of fused-ring (bicyclic) bond motifs is 1. The monoisotopic (exact) mass is 359 g/mol. The Morgan fingerprint density at radius 2 is 1.33 bits per heavy atom. The van der Waals surface area contributed by atoms with Crippen molar-refractivity contribution in [3.8, 4) is 0 Å². The summed E-state index contributed by atoms with van der Waals surface area (Å²) in [5.41, 5.74) is 3.50. The molecule has 3 nitrogen and oxygen atoms in total. The molecule has 3 aromatic rings. The second-order valence-corrected chi connectivity index (χ2v) is 6.73. The number of benzene rings is 3. The molecule has 0 radical (unpaired) electrons. The van der Waals surface area contributed by atoms with Crippen LogP contribution in [0.15, 0.2) is 72.8 Å². The molecule has 4 rings (SSSR count). The van der Waals surface area contributed by atoms with Crippen LogP contribution in [0.2, 0.25) is 0 Å². The van der Waals surface area contributed by atoms with Gasteiger partial charge in [0.1, 0.15) is 5.82 Å². The van der Waals surface area contributed by atoms with Crippen LogP contribution in [0.5, 0.6) is 0 Å². The van der Waals surface area contributed by atoms with E-state index in [-0.39, 0.29) is 17.7 Å². The van der Waals surface area contributed by atoms with Crippen molar-refractivity contribution >= 4 is 11.7 Å². The van der Waals surface area contributed by atoms with E-state index < -0.39 is 5.82 Å². The Kier molecular flexibility index (Phi) is 4.55. The number of hydrogen-bond acceptors (Lipinski definition) is 2. The molecule has 0 heterocycles. The van der Waals surface area contributed by atoms with Crippen molar-refractivity contribution in [3.05, 3.63) is 106 Å². The number of amides is 1. The Bertz CT molecular complexity index is 986. The first kappa shape index (κ1) is 17.2. The highest BCUT2D eigenvalue weighted by molar-refractivity contribution is 6.15. The Labute approximate surface area is 156 Å². The van der Waals surface area contributed by atoms with Crippen LogP contribution >= 0.6 is 0 Å². The molecule has 3 aromatic carbocycles. The lowest BCUT2D eigenvalue weighted by atomic mass is 9.97. The van der Waals surface area contributed by atoms with Gasteiger partial charge in [-0.25, -0.2) is 4.39 Å². The van der Waals surface area contributed by atoms with Crippen LogP contribution < -0.4 is 5.32 Å². The standard InChI is InChI=1S/C23H18FNO2/c24-18-11-9-15(10-12-18)22(26)20-7-3-4-8-21(20)23(27)25-19-13-16-5-1-2-6-17(16)14-19/h1-12,19H,13-14H2,(H,25,27). The molecule has 27 heavy (non-hydrogen) atoms. The van der Waals surface area contributed by atoms with E-state index in [1.54, 1.807) is 24.3 Å². The molecule has 0 spiro atoms. The molecule has 1 aliphatic rings. The molecule has 0 aliphatic heterocycles. The topological polar surface area (TPSA) is 46.2 Å². The normalized spacial score (nSPS) is 13.2. The minimum absolute atomic E-state index is 0.0175. The number of carbonyl (C=O) groups excluding carboxylic acids is 2. The van der Waals surface area contributed by atoms with Gasteiger partial charge in [0.15, 0.2) is 5.78 Å². The molecule has 0 fully saturated rings. The van der Waals surface area contributed by atoms with Crippen LogP contribution in [0, 0.1) is 5.82 Å². The first-order valence-corrected chi connectivity index (χ1v) is 8.89.